The summed E-state index contributed by atoms with van der Waals surface area (Å²) in [6, 6.07) is 8.41. The first-order chi connectivity index (χ1) is 15.3. The highest BCUT2D eigenvalue weighted by atomic mass is 32.1. The quantitative estimate of drug-likeness (QED) is 0.332. The molecule has 0 radical (unpaired) electrons. The maximum Gasteiger partial charge on any atom is 0.337 e. The predicted molar refractivity (Wildman–Crippen MR) is 137 cm³/mol. The van der Waals surface area contributed by atoms with Crippen LogP contribution in [0.15, 0.2) is 24.3 Å². The van der Waals surface area contributed by atoms with E-state index in [9.17, 15) is 9.90 Å². The number of carbonyl (C=O) groups is 1. The highest BCUT2D eigenvalue weighted by Crippen LogP contribution is 2.45. The standard InChI is InChI=1S/C28H41NO2S/c1-5-6-7-8-9-10-13-18-29(4)20-21-14-11-12-15-22(21)26-25(27(30)31)23-19-28(2,3)17-16-24(23)32-26/h11-12,14-15H,5-10,13,16-20H2,1-4H3,(H,30,31). The molecule has 176 valence electrons. The Kier molecular flexibility index (Phi) is 8.95. The zero-order chi connectivity index (χ0) is 23.1. The van der Waals surface area contributed by atoms with E-state index in [0.29, 0.717) is 5.56 Å². The summed E-state index contributed by atoms with van der Waals surface area (Å²) < 4.78 is 0. The lowest BCUT2D eigenvalue weighted by Gasteiger charge is -2.29. The topological polar surface area (TPSA) is 40.5 Å². The average molecular weight is 456 g/mol. The monoisotopic (exact) mass is 455 g/mol. The van der Waals surface area contributed by atoms with E-state index in [-0.39, 0.29) is 5.41 Å². The van der Waals surface area contributed by atoms with Crippen molar-refractivity contribution in [1.82, 2.24) is 4.90 Å². The van der Waals surface area contributed by atoms with Gasteiger partial charge in [-0.1, -0.05) is 83.6 Å². The van der Waals surface area contributed by atoms with Crippen molar-refractivity contribution in [2.24, 2.45) is 5.41 Å². The second-order valence-corrected chi connectivity index (χ2v) is 11.5. The van der Waals surface area contributed by atoms with Crippen molar-refractivity contribution < 1.29 is 9.90 Å². The first-order valence-corrected chi connectivity index (χ1v) is 13.3. The van der Waals surface area contributed by atoms with Crippen LogP contribution in [-0.2, 0) is 19.4 Å². The lowest BCUT2D eigenvalue weighted by atomic mass is 9.76. The van der Waals surface area contributed by atoms with Crippen LogP contribution in [0.25, 0.3) is 10.4 Å². The second kappa shape index (κ2) is 11.5. The summed E-state index contributed by atoms with van der Waals surface area (Å²) in [5.74, 6) is -0.776. The van der Waals surface area contributed by atoms with Crippen LogP contribution in [0.4, 0.5) is 0 Å². The minimum atomic E-state index is -0.776. The first kappa shape index (κ1) is 25.0. The van der Waals surface area contributed by atoms with Crippen LogP contribution < -0.4 is 0 Å². The van der Waals surface area contributed by atoms with E-state index in [1.165, 1.54) is 55.4 Å². The Bertz CT molecular complexity index is 899. The molecule has 1 aromatic carbocycles. The molecule has 1 aliphatic carbocycles. The Labute approximate surface area is 198 Å². The van der Waals surface area contributed by atoms with E-state index < -0.39 is 5.97 Å². The summed E-state index contributed by atoms with van der Waals surface area (Å²) in [4.78, 5) is 17.0. The van der Waals surface area contributed by atoms with Gasteiger partial charge in [0.25, 0.3) is 0 Å². The minimum absolute atomic E-state index is 0.172. The number of aromatic carboxylic acids is 1. The molecule has 0 unspecified atom stereocenters. The number of unbranched alkanes of at least 4 members (excludes halogenated alkanes) is 6. The van der Waals surface area contributed by atoms with Gasteiger partial charge in [-0.25, -0.2) is 4.79 Å². The summed E-state index contributed by atoms with van der Waals surface area (Å²) in [5, 5.41) is 10.1. The van der Waals surface area contributed by atoms with Gasteiger partial charge in [-0.2, -0.15) is 0 Å². The average Bonchev–Trinajstić information content (AvgIpc) is 3.11. The van der Waals surface area contributed by atoms with Gasteiger partial charge in [-0.3, -0.25) is 0 Å². The molecule has 4 heteroatoms. The lowest BCUT2D eigenvalue weighted by Crippen LogP contribution is -2.22. The van der Waals surface area contributed by atoms with E-state index >= 15 is 0 Å². The molecule has 2 aromatic rings. The van der Waals surface area contributed by atoms with Crippen molar-refractivity contribution in [3.8, 4) is 10.4 Å². The molecule has 1 aromatic heterocycles. The van der Waals surface area contributed by atoms with E-state index in [1.807, 2.05) is 6.07 Å². The summed E-state index contributed by atoms with van der Waals surface area (Å²) in [5.41, 5.74) is 4.15. The molecule has 1 aliphatic rings. The number of benzene rings is 1. The number of thiophene rings is 1. The molecule has 0 spiro atoms. The highest BCUT2D eigenvalue weighted by Gasteiger charge is 2.33. The number of carboxylic acid groups (broad SMARTS) is 1. The number of hydrogen-bond donors (Lipinski definition) is 1. The van der Waals surface area contributed by atoms with Crippen LogP contribution in [0.5, 0.6) is 0 Å². The first-order valence-electron chi connectivity index (χ1n) is 12.5. The largest absolute Gasteiger partial charge is 0.478 e. The van der Waals surface area contributed by atoms with E-state index in [1.54, 1.807) is 11.3 Å². The summed E-state index contributed by atoms with van der Waals surface area (Å²) in [7, 11) is 2.19. The molecule has 1 N–H and O–H groups in total. The lowest BCUT2D eigenvalue weighted by molar-refractivity contribution is 0.0696. The molecule has 0 bridgehead atoms. The maximum absolute atomic E-state index is 12.3. The Morgan fingerprint density at radius 2 is 1.78 bits per heavy atom. The molecule has 0 saturated heterocycles. The maximum atomic E-state index is 12.3. The van der Waals surface area contributed by atoms with Gasteiger partial charge >= 0.3 is 5.97 Å². The van der Waals surface area contributed by atoms with Gasteiger partial charge in [0.15, 0.2) is 0 Å². The zero-order valence-corrected chi connectivity index (χ0v) is 21.3. The van der Waals surface area contributed by atoms with Crippen molar-refractivity contribution in [3.63, 3.8) is 0 Å². The zero-order valence-electron chi connectivity index (χ0n) is 20.5. The third-order valence-electron chi connectivity index (χ3n) is 6.83. The third kappa shape index (κ3) is 6.45. The van der Waals surface area contributed by atoms with Crippen LogP contribution in [-0.4, -0.2) is 29.6 Å². The van der Waals surface area contributed by atoms with Crippen molar-refractivity contribution >= 4 is 17.3 Å². The number of rotatable bonds is 12. The smallest absolute Gasteiger partial charge is 0.337 e. The second-order valence-electron chi connectivity index (χ2n) is 10.4. The van der Waals surface area contributed by atoms with Crippen LogP contribution in [0.1, 0.15) is 98.5 Å². The number of nitrogens with zero attached hydrogens (tertiary/aromatic N) is 1. The van der Waals surface area contributed by atoms with Gasteiger partial charge in [-0.15, -0.1) is 11.3 Å². The van der Waals surface area contributed by atoms with Gasteiger partial charge in [0.05, 0.1) is 5.56 Å². The number of fused-ring (bicyclic) bond motifs is 1. The van der Waals surface area contributed by atoms with Crippen molar-refractivity contribution in [2.45, 2.75) is 91.5 Å². The molecule has 0 aliphatic heterocycles. The highest BCUT2D eigenvalue weighted by molar-refractivity contribution is 7.16. The molecular weight excluding hydrogens is 414 g/mol. The van der Waals surface area contributed by atoms with Gasteiger partial charge < -0.3 is 10.0 Å². The minimum Gasteiger partial charge on any atom is -0.478 e. The normalized spacial score (nSPS) is 15.2. The Morgan fingerprint density at radius 1 is 1.09 bits per heavy atom. The fraction of sp³-hybridized carbons (Fsp3) is 0.607. The van der Waals surface area contributed by atoms with Crippen molar-refractivity contribution in [2.75, 3.05) is 13.6 Å². The van der Waals surface area contributed by atoms with Crippen LogP contribution in [0.2, 0.25) is 0 Å². The van der Waals surface area contributed by atoms with Crippen molar-refractivity contribution in [3.05, 3.63) is 45.8 Å². The number of aryl methyl sites for hydroxylation is 1. The molecule has 0 fully saturated rings. The number of hydrogen-bond acceptors (Lipinski definition) is 3. The summed E-state index contributed by atoms with van der Waals surface area (Å²) >= 11 is 1.72. The van der Waals surface area contributed by atoms with E-state index in [4.69, 9.17) is 0 Å². The van der Waals surface area contributed by atoms with E-state index in [0.717, 1.165) is 48.4 Å². The van der Waals surface area contributed by atoms with Gasteiger partial charge in [-0.05, 0) is 61.4 Å². The Balaban J connectivity index is 1.72. The third-order valence-corrected chi connectivity index (χ3v) is 8.16. The SMILES string of the molecule is CCCCCCCCCN(C)Cc1ccccc1-c1sc2c(c1C(=O)O)CC(C)(C)CC2. The molecule has 3 rings (SSSR count). The molecule has 3 nitrogen and oxygen atoms in total. The van der Waals surface area contributed by atoms with Crippen LogP contribution in [0.3, 0.4) is 0 Å². The van der Waals surface area contributed by atoms with Gasteiger partial charge in [0.2, 0.25) is 0 Å². The molecule has 1 heterocycles. The molecule has 0 atom stereocenters. The van der Waals surface area contributed by atoms with Crippen LogP contribution >= 0.6 is 11.3 Å². The van der Waals surface area contributed by atoms with Gasteiger partial charge in [0, 0.05) is 16.3 Å². The summed E-state index contributed by atoms with van der Waals surface area (Å²) in [6.07, 6.45) is 12.2. The van der Waals surface area contributed by atoms with E-state index in [2.05, 4.69) is 50.9 Å². The molecular formula is C28H41NO2S. The van der Waals surface area contributed by atoms with Crippen LogP contribution in [0, 0.1) is 5.41 Å². The number of carboxylic acids is 1. The van der Waals surface area contributed by atoms with Gasteiger partial charge in [0.1, 0.15) is 0 Å². The Hall–Kier alpha value is -1.65. The molecule has 0 amide bonds. The fourth-order valence-electron chi connectivity index (χ4n) is 4.92. The predicted octanol–water partition coefficient (Wildman–Crippen LogP) is 7.81. The summed E-state index contributed by atoms with van der Waals surface area (Å²) in [6.45, 7) is 8.72. The fourth-order valence-corrected chi connectivity index (χ4v) is 6.29. The van der Waals surface area contributed by atoms with Crippen molar-refractivity contribution in [1.29, 1.82) is 0 Å². The molecule has 32 heavy (non-hydrogen) atoms. The molecule has 0 saturated carbocycles. The Morgan fingerprint density at radius 3 is 2.50 bits per heavy atom.